The molecule has 0 N–H and O–H groups in total. The number of nitrogens with zero attached hydrogens (tertiary/aromatic N) is 3. The molecule has 0 unspecified atom stereocenters. The Bertz CT molecular complexity index is 163. The SMILES string of the molecule is [N-]=[N+]=NCCC(F)(F)C(F)F. The van der Waals surface area contributed by atoms with Crippen molar-refractivity contribution in [3.63, 3.8) is 0 Å². The molecule has 7 heteroatoms. The molecule has 0 rings (SSSR count). The van der Waals surface area contributed by atoms with Crippen molar-refractivity contribution in [2.45, 2.75) is 18.8 Å². The highest BCUT2D eigenvalue weighted by Crippen LogP contribution is 2.26. The van der Waals surface area contributed by atoms with Crippen LogP contribution in [0.2, 0.25) is 0 Å². The van der Waals surface area contributed by atoms with Gasteiger partial charge >= 0.3 is 12.3 Å². The first kappa shape index (κ1) is 10.0. The monoisotopic (exact) mass is 171 g/mol. The number of alkyl halides is 4. The minimum absolute atomic E-state index is 0.617. The number of azide groups is 1. The number of hydrogen-bond acceptors (Lipinski definition) is 1. The van der Waals surface area contributed by atoms with Crippen molar-refractivity contribution < 1.29 is 17.6 Å². The zero-order chi connectivity index (χ0) is 8.91. The summed E-state index contributed by atoms with van der Waals surface area (Å²) >= 11 is 0. The van der Waals surface area contributed by atoms with Gasteiger partial charge in [0.1, 0.15) is 0 Å². The maximum absolute atomic E-state index is 11.9. The molecule has 0 amide bonds. The largest absolute Gasteiger partial charge is 0.307 e. The van der Waals surface area contributed by atoms with E-state index in [1.807, 2.05) is 0 Å². The number of hydrogen-bond donors (Lipinski definition) is 0. The molecular formula is C4H5F4N3. The van der Waals surface area contributed by atoms with Crippen molar-refractivity contribution in [3.8, 4) is 0 Å². The zero-order valence-corrected chi connectivity index (χ0v) is 5.35. The molecule has 0 bridgehead atoms. The van der Waals surface area contributed by atoms with Crippen molar-refractivity contribution in [2.24, 2.45) is 5.11 Å². The highest BCUT2D eigenvalue weighted by molar-refractivity contribution is 4.70. The van der Waals surface area contributed by atoms with E-state index in [0.717, 1.165) is 0 Å². The molecule has 0 saturated carbocycles. The smallest absolute Gasteiger partial charge is 0.204 e. The van der Waals surface area contributed by atoms with Crippen molar-refractivity contribution in [1.29, 1.82) is 0 Å². The molecular weight excluding hydrogens is 166 g/mol. The maximum atomic E-state index is 11.9. The van der Waals surface area contributed by atoms with Crippen molar-refractivity contribution >= 4 is 0 Å². The lowest BCUT2D eigenvalue weighted by Crippen LogP contribution is -2.27. The molecule has 0 aliphatic rings. The molecule has 64 valence electrons. The summed E-state index contributed by atoms with van der Waals surface area (Å²) in [6, 6.07) is 0. The van der Waals surface area contributed by atoms with Gasteiger partial charge in [-0.05, 0) is 5.53 Å². The Hall–Kier alpha value is -0.970. The second kappa shape index (κ2) is 4.02. The molecule has 0 heterocycles. The number of rotatable bonds is 4. The fraction of sp³-hybridized carbons (Fsp3) is 1.00. The minimum atomic E-state index is -4.05. The van der Waals surface area contributed by atoms with Gasteiger partial charge in [0.25, 0.3) is 0 Å². The third-order valence-corrected chi connectivity index (χ3v) is 0.928. The molecule has 3 nitrogen and oxygen atoms in total. The summed E-state index contributed by atoms with van der Waals surface area (Å²) in [7, 11) is 0. The van der Waals surface area contributed by atoms with Crippen LogP contribution in [0.1, 0.15) is 6.42 Å². The van der Waals surface area contributed by atoms with E-state index in [1.54, 1.807) is 0 Å². The first-order chi connectivity index (χ1) is 5.00. The molecule has 0 aliphatic heterocycles. The summed E-state index contributed by atoms with van der Waals surface area (Å²) in [5.74, 6) is -4.05. The van der Waals surface area contributed by atoms with Crippen molar-refractivity contribution in [2.75, 3.05) is 6.54 Å². The summed E-state index contributed by atoms with van der Waals surface area (Å²) in [4.78, 5) is 2.14. The van der Waals surface area contributed by atoms with E-state index >= 15 is 0 Å². The molecule has 0 aliphatic carbocycles. The summed E-state index contributed by atoms with van der Waals surface area (Å²) in [5.41, 5.74) is 7.63. The van der Waals surface area contributed by atoms with Gasteiger partial charge in [-0.3, -0.25) is 0 Å². The predicted octanol–water partition coefficient (Wildman–Crippen LogP) is 2.59. The maximum Gasteiger partial charge on any atom is 0.307 e. The van der Waals surface area contributed by atoms with Crippen LogP contribution in [0.4, 0.5) is 17.6 Å². The van der Waals surface area contributed by atoms with Crippen LogP contribution in [0.15, 0.2) is 5.11 Å². The Morgan fingerprint density at radius 2 is 2.00 bits per heavy atom. The highest BCUT2D eigenvalue weighted by atomic mass is 19.3. The van der Waals surface area contributed by atoms with E-state index in [2.05, 4.69) is 10.0 Å². The van der Waals surface area contributed by atoms with E-state index in [0.29, 0.717) is 0 Å². The zero-order valence-electron chi connectivity index (χ0n) is 5.35. The van der Waals surface area contributed by atoms with Gasteiger partial charge in [0.15, 0.2) is 0 Å². The normalized spacial score (nSPS) is 11.4. The third kappa shape index (κ3) is 3.67. The Morgan fingerprint density at radius 1 is 1.45 bits per heavy atom. The topological polar surface area (TPSA) is 48.8 Å². The Balaban J connectivity index is 3.81. The average molecular weight is 171 g/mol. The van der Waals surface area contributed by atoms with Crippen LogP contribution in [0.25, 0.3) is 10.4 Å². The van der Waals surface area contributed by atoms with Crippen LogP contribution in [0.5, 0.6) is 0 Å². The fourth-order valence-electron chi connectivity index (χ4n) is 0.353. The van der Waals surface area contributed by atoms with E-state index in [-0.39, 0.29) is 0 Å². The molecule has 0 saturated heterocycles. The average Bonchev–Trinajstić information content (AvgIpc) is 1.88. The van der Waals surface area contributed by atoms with Crippen molar-refractivity contribution in [3.05, 3.63) is 10.4 Å². The van der Waals surface area contributed by atoms with Gasteiger partial charge < -0.3 is 0 Å². The summed E-state index contributed by atoms with van der Waals surface area (Å²) in [6.07, 6.45) is -4.81. The standard InChI is InChI=1S/C4H5F4N3/c5-3(6)4(7,8)1-2-10-11-9/h3H,1-2H2. The predicted molar refractivity (Wildman–Crippen MR) is 29.6 cm³/mol. The van der Waals surface area contributed by atoms with Crippen LogP contribution < -0.4 is 0 Å². The minimum Gasteiger partial charge on any atom is -0.204 e. The van der Waals surface area contributed by atoms with Gasteiger partial charge in [-0.2, -0.15) is 0 Å². The molecule has 0 aromatic rings. The molecule has 0 radical (unpaired) electrons. The molecule has 11 heavy (non-hydrogen) atoms. The van der Waals surface area contributed by atoms with Gasteiger partial charge in [0.05, 0.1) is 0 Å². The molecule has 0 atom stereocenters. The van der Waals surface area contributed by atoms with Gasteiger partial charge in [-0.15, -0.1) is 0 Å². The number of halogens is 4. The van der Waals surface area contributed by atoms with Crippen LogP contribution >= 0.6 is 0 Å². The Kier molecular flexibility index (Phi) is 3.67. The van der Waals surface area contributed by atoms with Gasteiger partial charge in [0, 0.05) is 17.9 Å². The second-order valence-corrected chi connectivity index (χ2v) is 1.77. The van der Waals surface area contributed by atoms with E-state index in [4.69, 9.17) is 5.53 Å². The van der Waals surface area contributed by atoms with E-state index < -0.39 is 25.3 Å². The Morgan fingerprint density at radius 3 is 2.36 bits per heavy atom. The molecule has 0 spiro atoms. The van der Waals surface area contributed by atoms with Gasteiger partial charge in [-0.1, -0.05) is 5.11 Å². The van der Waals surface area contributed by atoms with E-state index in [1.165, 1.54) is 0 Å². The van der Waals surface area contributed by atoms with Crippen LogP contribution in [-0.2, 0) is 0 Å². The highest BCUT2D eigenvalue weighted by Gasteiger charge is 2.39. The lowest BCUT2D eigenvalue weighted by atomic mass is 10.2. The molecule has 0 aromatic carbocycles. The van der Waals surface area contributed by atoms with Crippen molar-refractivity contribution in [1.82, 2.24) is 0 Å². The fourth-order valence-corrected chi connectivity index (χ4v) is 0.353. The summed E-state index contributed by atoms with van der Waals surface area (Å²) in [6.45, 7) is -0.617. The second-order valence-electron chi connectivity index (χ2n) is 1.77. The molecule has 0 fully saturated rings. The first-order valence-corrected chi connectivity index (χ1v) is 2.67. The first-order valence-electron chi connectivity index (χ1n) is 2.67. The van der Waals surface area contributed by atoms with Crippen LogP contribution in [0, 0.1) is 0 Å². The van der Waals surface area contributed by atoms with Crippen LogP contribution in [-0.4, -0.2) is 18.9 Å². The van der Waals surface area contributed by atoms with Gasteiger partial charge in [-0.25, -0.2) is 17.6 Å². The quantitative estimate of drug-likeness (QED) is 0.270. The Labute approximate surface area is 59.6 Å². The van der Waals surface area contributed by atoms with Crippen LogP contribution in [0.3, 0.4) is 0 Å². The summed E-state index contributed by atoms with van der Waals surface area (Å²) < 4.78 is 46.6. The lowest BCUT2D eigenvalue weighted by molar-refractivity contribution is -0.131. The van der Waals surface area contributed by atoms with Gasteiger partial charge in [0.2, 0.25) is 0 Å². The third-order valence-electron chi connectivity index (χ3n) is 0.928. The lowest BCUT2D eigenvalue weighted by Gasteiger charge is -2.12. The van der Waals surface area contributed by atoms with E-state index in [9.17, 15) is 17.6 Å². The summed E-state index contributed by atoms with van der Waals surface area (Å²) in [5, 5.41) is 2.71. The molecule has 0 aromatic heterocycles.